The van der Waals surface area contributed by atoms with Crippen LogP contribution in [0.4, 0.5) is 4.39 Å². The average Bonchev–Trinajstić information content (AvgIpc) is 3.36. The molecule has 0 aliphatic heterocycles. The summed E-state index contributed by atoms with van der Waals surface area (Å²) in [7, 11) is 3.54. The van der Waals surface area contributed by atoms with E-state index in [0.717, 1.165) is 16.0 Å². The number of hydrogen-bond donors (Lipinski definition) is 0. The highest BCUT2D eigenvalue weighted by molar-refractivity contribution is 7.22. The van der Waals surface area contributed by atoms with E-state index in [4.69, 9.17) is 21.1 Å². The summed E-state index contributed by atoms with van der Waals surface area (Å²) in [4.78, 5) is 20.9. The first-order valence-electron chi connectivity index (χ1n) is 11.9. The molecule has 0 atom stereocenters. The summed E-state index contributed by atoms with van der Waals surface area (Å²) in [6.07, 6.45) is 1.53. The van der Waals surface area contributed by atoms with Crippen molar-refractivity contribution in [1.82, 2.24) is 14.5 Å². The van der Waals surface area contributed by atoms with Crippen LogP contribution in [0.25, 0.3) is 26.3 Å². The van der Waals surface area contributed by atoms with Crippen LogP contribution in [0, 0.1) is 5.82 Å². The lowest BCUT2D eigenvalue weighted by Gasteiger charge is -2.18. The Hall–Kier alpha value is -3.72. The molecule has 5 aromatic rings. The third kappa shape index (κ3) is 5.72. The second-order valence-corrected chi connectivity index (χ2v) is 10.3. The van der Waals surface area contributed by atoms with E-state index in [1.165, 1.54) is 34.4 Å². The second-order valence-electron chi connectivity index (χ2n) is 8.80. The van der Waals surface area contributed by atoms with Gasteiger partial charge in [0.2, 0.25) is 0 Å². The smallest absolute Gasteiger partial charge is 0.275 e. The van der Waals surface area contributed by atoms with Crippen molar-refractivity contribution in [2.75, 3.05) is 27.3 Å². The third-order valence-corrected chi connectivity index (χ3v) is 7.50. The minimum atomic E-state index is -0.244. The first-order chi connectivity index (χ1) is 18.4. The molecule has 0 saturated carbocycles. The van der Waals surface area contributed by atoms with E-state index in [9.17, 15) is 9.18 Å². The Kier molecular flexibility index (Phi) is 7.74. The van der Waals surface area contributed by atoms with Crippen molar-refractivity contribution in [3.8, 4) is 27.6 Å². The van der Waals surface area contributed by atoms with Gasteiger partial charge in [-0.05, 0) is 60.6 Å². The molecule has 0 saturated heterocycles. The third-order valence-electron chi connectivity index (χ3n) is 6.09. The van der Waals surface area contributed by atoms with Crippen LogP contribution < -0.4 is 15.0 Å². The van der Waals surface area contributed by atoms with Crippen LogP contribution in [0.15, 0.2) is 83.9 Å². The van der Waals surface area contributed by atoms with E-state index < -0.39 is 0 Å². The molecule has 0 aliphatic carbocycles. The van der Waals surface area contributed by atoms with Gasteiger partial charge in [-0.1, -0.05) is 35.9 Å². The maximum absolute atomic E-state index is 13.3. The Bertz CT molecular complexity index is 1620. The molecule has 2 aromatic heterocycles. The van der Waals surface area contributed by atoms with Gasteiger partial charge in [0.1, 0.15) is 23.5 Å². The summed E-state index contributed by atoms with van der Waals surface area (Å²) in [6.45, 7) is 1.78. The van der Waals surface area contributed by atoms with E-state index in [-0.39, 0.29) is 11.4 Å². The number of thiophene rings is 1. The van der Waals surface area contributed by atoms with Crippen molar-refractivity contribution in [3.05, 3.63) is 106 Å². The van der Waals surface area contributed by atoms with Gasteiger partial charge >= 0.3 is 0 Å². The molecular weight excluding hydrogens is 525 g/mol. The van der Waals surface area contributed by atoms with E-state index in [1.54, 1.807) is 31.4 Å². The molecule has 0 unspecified atom stereocenters. The number of aromatic nitrogens is 2. The van der Waals surface area contributed by atoms with Crippen LogP contribution in [0.5, 0.6) is 11.5 Å². The van der Waals surface area contributed by atoms with Gasteiger partial charge in [-0.2, -0.15) is 0 Å². The molecule has 38 heavy (non-hydrogen) atoms. The van der Waals surface area contributed by atoms with Gasteiger partial charge in [0.15, 0.2) is 11.5 Å². The molecule has 0 bridgehead atoms. The van der Waals surface area contributed by atoms with Crippen LogP contribution in [0.2, 0.25) is 5.02 Å². The maximum atomic E-state index is 13.3. The number of ether oxygens (including phenoxy) is 2. The van der Waals surface area contributed by atoms with E-state index in [2.05, 4.69) is 9.88 Å². The highest BCUT2D eigenvalue weighted by atomic mass is 35.5. The minimum Gasteiger partial charge on any atom is -0.493 e. The summed E-state index contributed by atoms with van der Waals surface area (Å²) in [6, 6.07) is 21.3. The van der Waals surface area contributed by atoms with Crippen LogP contribution in [0.1, 0.15) is 5.56 Å². The standard InChI is InChI=1S/C29H25ClFN3O3S/c1-33(17-19-3-9-22(31)10-4-19)13-14-37-25-12-11-23(15-26(25)36-2)34-18-32-24-16-27(38-28(24)29(34)35)20-5-7-21(30)8-6-20/h3-12,15-16,18H,13-14,17H2,1-2H3. The summed E-state index contributed by atoms with van der Waals surface area (Å²) in [5.74, 6) is 0.852. The lowest BCUT2D eigenvalue weighted by atomic mass is 10.2. The lowest BCUT2D eigenvalue weighted by molar-refractivity contribution is 0.226. The molecule has 0 N–H and O–H groups in total. The lowest BCUT2D eigenvalue weighted by Crippen LogP contribution is -2.24. The zero-order valence-electron chi connectivity index (χ0n) is 20.9. The first-order valence-corrected chi connectivity index (χ1v) is 13.1. The van der Waals surface area contributed by atoms with Gasteiger partial charge in [-0.15, -0.1) is 11.3 Å². The molecule has 0 amide bonds. The monoisotopic (exact) mass is 549 g/mol. The molecule has 9 heteroatoms. The number of rotatable bonds is 9. The fraction of sp³-hybridized carbons (Fsp3) is 0.172. The summed E-state index contributed by atoms with van der Waals surface area (Å²) >= 11 is 7.41. The van der Waals surface area contributed by atoms with Gasteiger partial charge in [-0.3, -0.25) is 14.3 Å². The SMILES string of the molecule is COc1cc(-n2cnc3cc(-c4ccc(Cl)cc4)sc3c2=O)ccc1OCCN(C)Cc1ccc(F)cc1. The van der Waals surface area contributed by atoms with Crippen molar-refractivity contribution in [3.63, 3.8) is 0 Å². The van der Waals surface area contributed by atoms with Crippen molar-refractivity contribution in [2.45, 2.75) is 6.54 Å². The van der Waals surface area contributed by atoms with Crippen molar-refractivity contribution < 1.29 is 13.9 Å². The predicted molar refractivity (Wildman–Crippen MR) is 150 cm³/mol. The molecule has 5 rings (SSSR count). The fourth-order valence-corrected chi connectivity index (χ4v) is 5.24. The number of likely N-dealkylation sites (N-methyl/N-ethyl adjacent to an activating group) is 1. The van der Waals surface area contributed by atoms with Crippen molar-refractivity contribution in [1.29, 1.82) is 0 Å². The largest absolute Gasteiger partial charge is 0.493 e. The van der Waals surface area contributed by atoms with Crippen LogP contribution in [-0.2, 0) is 6.54 Å². The zero-order chi connectivity index (χ0) is 26.6. The van der Waals surface area contributed by atoms with E-state index in [1.807, 2.05) is 43.4 Å². The molecule has 0 fully saturated rings. The topological polar surface area (TPSA) is 56.6 Å². The summed E-state index contributed by atoms with van der Waals surface area (Å²) in [5.41, 5.74) is 3.13. The van der Waals surface area contributed by atoms with Crippen molar-refractivity contribution >= 4 is 33.2 Å². The molecule has 3 aromatic carbocycles. The van der Waals surface area contributed by atoms with Crippen LogP contribution in [-0.4, -0.2) is 41.8 Å². The molecule has 0 radical (unpaired) electrons. The Morgan fingerprint density at radius 3 is 2.53 bits per heavy atom. The number of methoxy groups -OCH3 is 1. The molecular formula is C29H25ClFN3O3S. The highest BCUT2D eigenvalue weighted by Gasteiger charge is 2.14. The number of nitrogens with zero attached hydrogens (tertiary/aromatic N) is 3. The predicted octanol–water partition coefficient (Wildman–Crippen LogP) is 6.43. The number of halogens is 2. The van der Waals surface area contributed by atoms with Gasteiger partial charge in [0.25, 0.3) is 5.56 Å². The number of fused-ring (bicyclic) bond motifs is 1. The summed E-state index contributed by atoms with van der Waals surface area (Å²) in [5, 5.41) is 0.661. The quantitative estimate of drug-likeness (QED) is 0.212. The minimum absolute atomic E-state index is 0.154. The summed E-state index contributed by atoms with van der Waals surface area (Å²) < 4.78 is 26.7. The molecule has 194 valence electrons. The van der Waals surface area contributed by atoms with Crippen LogP contribution in [0.3, 0.4) is 0 Å². The van der Waals surface area contributed by atoms with Gasteiger partial charge < -0.3 is 9.47 Å². The number of benzene rings is 3. The Morgan fingerprint density at radius 2 is 1.79 bits per heavy atom. The second kappa shape index (κ2) is 11.3. The highest BCUT2D eigenvalue weighted by Crippen LogP contribution is 2.33. The zero-order valence-corrected chi connectivity index (χ0v) is 22.4. The average molecular weight is 550 g/mol. The van der Waals surface area contributed by atoms with Gasteiger partial charge in [0, 0.05) is 29.1 Å². The molecule has 0 spiro atoms. The normalized spacial score (nSPS) is 11.3. The Labute approximate surface area is 228 Å². The fourth-order valence-electron chi connectivity index (χ4n) is 4.07. The molecule has 6 nitrogen and oxygen atoms in total. The maximum Gasteiger partial charge on any atom is 0.275 e. The molecule has 0 aliphatic rings. The van der Waals surface area contributed by atoms with Gasteiger partial charge in [0.05, 0.1) is 18.3 Å². The Balaban J connectivity index is 1.30. The van der Waals surface area contributed by atoms with E-state index in [0.29, 0.717) is 52.1 Å². The van der Waals surface area contributed by atoms with Gasteiger partial charge in [-0.25, -0.2) is 9.37 Å². The Morgan fingerprint density at radius 1 is 1.03 bits per heavy atom. The van der Waals surface area contributed by atoms with E-state index >= 15 is 0 Å². The number of hydrogen-bond acceptors (Lipinski definition) is 6. The molecule has 2 heterocycles. The van der Waals surface area contributed by atoms with Crippen LogP contribution >= 0.6 is 22.9 Å². The van der Waals surface area contributed by atoms with Crippen molar-refractivity contribution in [2.24, 2.45) is 0 Å². The first kappa shape index (κ1) is 25.9.